The molecule has 0 aliphatic rings. The number of nitrogens with one attached hydrogen (secondary N) is 1. The van der Waals surface area contributed by atoms with Crippen molar-refractivity contribution in [3.05, 3.63) is 107 Å². The van der Waals surface area contributed by atoms with Gasteiger partial charge in [-0.15, -0.1) is 0 Å². The molecule has 164 valence electrons. The van der Waals surface area contributed by atoms with E-state index in [9.17, 15) is 18.5 Å². The summed E-state index contributed by atoms with van der Waals surface area (Å²) in [6, 6.07) is 23.4. The van der Waals surface area contributed by atoms with Crippen molar-refractivity contribution in [2.45, 2.75) is 6.54 Å². The molecule has 0 fully saturated rings. The summed E-state index contributed by atoms with van der Waals surface area (Å²) in [5.41, 5.74) is 3.65. The van der Waals surface area contributed by atoms with Gasteiger partial charge in [-0.25, -0.2) is 13.1 Å². The number of aromatic nitrogens is 2. The first-order valence-electron chi connectivity index (χ1n) is 10.1. The van der Waals surface area contributed by atoms with Gasteiger partial charge in [-0.05, 0) is 42.0 Å². The van der Waals surface area contributed by atoms with Gasteiger partial charge in [0, 0.05) is 41.3 Å². The molecule has 0 aliphatic carbocycles. The fraction of sp³-hybridized carbons (Fsp3) is 0.0800. The Balaban J connectivity index is 1.92. The van der Waals surface area contributed by atoms with Crippen LogP contribution in [-0.2, 0) is 16.6 Å². The van der Waals surface area contributed by atoms with Crippen LogP contribution < -0.4 is 10.3 Å². The fourth-order valence-electron chi connectivity index (χ4n) is 3.49. The molecule has 0 amide bonds. The molecule has 4 aromatic rings. The number of rotatable bonds is 6. The molecular weight excluding hydrogens is 436 g/mol. The Hall–Kier alpha value is -4.06. The first-order chi connectivity index (χ1) is 15.9. The second-order valence-electron chi connectivity index (χ2n) is 7.45. The normalized spacial score (nSPS) is 11.2. The van der Waals surface area contributed by atoms with E-state index in [4.69, 9.17) is 0 Å². The van der Waals surface area contributed by atoms with Crippen molar-refractivity contribution < 1.29 is 8.42 Å². The minimum absolute atomic E-state index is 0.103. The zero-order chi connectivity index (χ0) is 23.4. The Morgan fingerprint density at radius 3 is 2.52 bits per heavy atom. The molecule has 2 heterocycles. The first kappa shape index (κ1) is 22.1. The number of nitriles is 1. The molecule has 0 atom stereocenters. The van der Waals surface area contributed by atoms with Crippen molar-refractivity contribution in [2.75, 3.05) is 6.26 Å². The Kier molecular flexibility index (Phi) is 6.18. The average Bonchev–Trinajstić information content (AvgIpc) is 2.83. The van der Waals surface area contributed by atoms with Crippen LogP contribution in [0.25, 0.3) is 28.1 Å². The molecule has 0 saturated heterocycles. The summed E-state index contributed by atoms with van der Waals surface area (Å²) < 4.78 is 26.9. The molecule has 4 rings (SSSR count). The summed E-state index contributed by atoms with van der Waals surface area (Å²) >= 11 is 0. The maximum absolute atomic E-state index is 13.6. The van der Waals surface area contributed by atoms with Crippen molar-refractivity contribution in [1.82, 2.24) is 14.3 Å². The summed E-state index contributed by atoms with van der Waals surface area (Å²) in [5.74, 6) is 0. The van der Waals surface area contributed by atoms with E-state index in [-0.39, 0.29) is 12.1 Å². The van der Waals surface area contributed by atoms with E-state index in [0.717, 1.165) is 6.26 Å². The van der Waals surface area contributed by atoms with Crippen LogP contribution in [0.5, 0.6) is 0 Å². The smallest absolute Gasteiger partial charge is 0.263 e. The number of hydrogen-bond donors (Lipinski definition) is 1. The van der Waals surface area contributed by atoms with Crippen LogP contribution in [0.1, 0.15) is 11.1 Å². The van der Waals surface area contributed by atoms with Gasteiger partial charge in [0.25, 0.3) is 5.56 Å². The van der Waals surface area contributed by atoms with Crippen molar-refractivity contribution in [2.24, 2.45) is 0 Å². The summed E-state index contributed by atoms with van der Waals surface area (Å²) in [6.07, 6.45) is 4.47. The number of hydrogen-bond acceptors (Lipinski definition) is 5. The molecule has 2 aromatic heterocycles. The zero-order valence-electron chi connectivity index (χ0n) is 17.8. The molecule has 2 aromatic carbocycles. The van der Waals surface area contributed by atoms with E-state index >= 15 is 0 Å². The van der Waals surface area contributed by atoms with Gasteiger partial charge in [-0.1, -0.05) is 36.4 Å². The Bertz CT molecular complexity index is 1520. The van der Waals surface area contributed by atoms with Gasteiger partial charge >= 0.3 is 0 Å². The van der Waals surface area contributed by atoms with E-state index in [1.807, 2.05) is 18.2 Å². The second-order valence-corrected chi connectivity index (χ2v) is 9.29. The van der Waals surface area contributed by atoms with Crippen LogP contribution in [0.3, 0.4) is 0 Å². The van der Waals surface area contributed by atoms with Crippen LogP contribution in [0.15, 0.2) is 90.0 Å². The topological polar surface area (TPSA) is 105 Å². The molecule has 0 unspecified atom stereocenters. The number of nitrogens with zero attached hydrogens (tertiary/aromatic N) is 3. The SMILES string of the molecule is CS(=O)(=O)NCc1cccc(-n2cc(-c3ccccn3)cc(-c3ccccc3C#N)c2=O)c1. The maximum Gasteiger partial charge on any atom is 0.263 e. The fourth-order valence-corrected chi connectivity index (χ4v) is 3.92. The summed E-state index contributed by atoms with van der Waals surface area (Å²) in [5, 5.41) is 9.58. The third kappa shape index (κ3) is 5.06. The lowest BCUT2D eigenvalue weighted by molar-refractivity contribution is 0.587. The van der Waals surface area contributed by atoms with Gasteiger partial charge in [0.05, 0.1) is 23.6 Å². The summed E-state index contributed by atoms with van der Waals surface area (Å²) in [6.45, 7) is 0.103. The van der Waals surface area contributed by atoms with E-state index in [1.54, 1.807) is 67.0 Å². The van der Waals surface area contributed by atoms with Crippen molar-refractivity contribution in [3.63, 3.8) is 0 Å². The van der Waals surface area contributed by atoms with Gasteiger partial charge < -0.3 is 0 Å². The van der Waals surface area contributed by atoms with E-state index in [1.165, 1.54) is 4.57 Å². The van der Waals surface area contributed by atoms with Crippen LogP contribution >= 0.6 is 0 Å². The molecule has 0 aliphatic heterocycles. The highest BCUT2D eigenvalue weighted by molar-refractivity contribution is 7.88. The van der Waals surface area contributed by atoms with Crippen molar-refractivity contribution >= 4 is 10.0 Å². The largest absolute Gasteiger partial charge is 0.283 e. The zero-order valence-corrected chi connectivity index (χ0v) is 18.6. The van der Waals surface area contributed by atoms with E-state index < -0.39 is 10.0 Å². The number of sulfonamides is 1. The lowest BCUT2D eigenvalue weighted by Gasteiger charge is -2.14. The Labute approximate surface area is 191 Å². The second kappa shape index (κ2) is 9.20. The molecule has 8 heteroatoms. The lowest BCUT2D eigenvalue weighted by atomic mass is 9.99. The highest BCUT2D eigenvalue weighted by Crippen LogP contribution is 2.26. The molecule has 33 heavy (non-hydrogen) atoms. The highest BCUT2D eigenvalue weighted by Gasteiger charge is 2.15. The lowest BCUT2D eigenvalue weighted by Crippen LogP contribution is -2.22. The van der Waals surface area contributed by atoms with Crippen LogP contribution in [-0.4, -0.2) is 24.2 Å². The van der Waals surface area contributed by atoms with Gasteiger partial charge in [-0.2, -0.15) is 5.26 Å². The van der Waals surface area contributed by atoms with Crippen molar-refractivity contribution in [3.8, 4) is 34.1 Å². The third-order valence-corrected chi connectivity index (χ3v) is 5.71. The standard InChI is InChI=1S/C25H20N4O3S/c1-33(31,32)28-16-18-7-6-9-21(13-18)29-17-20(24-11-4-5-12-27-24)14-23(25(29)30)22-10-3-2-8-19(22)15-26/h2-14,17,28H,16H2,1H3. The van der Waals surface area contributed by atoms with Crippen molar-refractivity contribution in [1.29, 1.82) is 5.26 Å². The predicted octanol–water partition coefficient (Wildman–Crippen LogP) is 3.49. The molecule has 1 N–H and O–H groups in total. The van der Waals surface area contributed by atoms with E-state index in [2.05, 4.69) is 15.8 Å². The third-order valence-electron chi connectivity index (χ3n) is 5.04. The highest BCUT2D eigenvalue weighted by atomic mass is 32.2. The van der Waals surface area contributed by atoms with Gasteiger partial charge in [0.2, 0.25) is 10.0 Å². The Morgan fingerprint density at radius 2 is 1.79 bits per heavy atom. The minimum Gasteiger partial charge on any atom is -0.283 e. The molecule has 0 bridgehead atoms. The maximum atomic E-state index is 13.6. The van der Waals surface area contributed by atoms with Gasteiger partial charge in [-0.3, -0.25) is 14.3 Å². The minimum atomic E-state index is -3.36. The van der Waals surface area contributed by atoms with Crippen LogP contribution in [0.4, 0.5) is 0 Å². The summed E-state index contributed by atoms with van der Waals surface area (Å²) in [7, 11) is -3.36. The predicted molar refractivity (Wildman–Crippen MR) is 127 cm³/mol. The molecular formula is C25H20N4O3S. The number of benzene rings is 2. The molecule has 0 saturated carbocycles. The molecule has 7 nitrogen and oxygen atoms in total. The number of pyridine rings is 2. The quantitative estimate of drug-likeness (QED) is 0.478. The molecule has 0 spiro atoms. The molecule has 0 radical (unpaired) electrons. The van der Waals surface area contributed by atoms with E-state index in [0.29, 0.717) is 39.2 Å². The average molecular weight is 457 g/mol. The van der Waals surface area contributed by atoms with Crippen LogP contribution in [0.2, 0.25) is 0 Å². The Morgan fingerprint density at radius 1 is 1.00 bits per heavy atom. The summed E-state index contributed by atoms with van der Waals surface area (Å²) in [4.78, 5) is 18.0. The van der Waals surface area contributed by atoms with Gasteiger partial charge in [0.15, 0.2) is 0 Å². The monoisotopic (exact) mass is 456 g/mol. The van der Waals surface area contributed by atoms with Gasteiger partial charge in [0.1, 0.15) is 0 Å². The van der Waals surface area contributed by atoms with Crippen LogP contribution in [0, 0.1) is 11.3 Å². The first-order valence-corrected chi connectivity index (χ1v) is 12.0.